The van der Waals surface area contributed by atoms with Gasteiger partial charge >= 0.3 is 5.97 Å². The molecule has 19 heavy (non-hydrogen) atoms. The van der Waals surface area contributed by atoms with Gasteiger partial charge in [-0.3, -0.25) is 4.79 Å². The molecule has 0 bridgehead atoms. The number of esters is 1. The Balaban J connectivity index is 2.38. The molecule has 1 aliphatic heterocycles. The zero-order chi connectivity index (χ0) is 14.3. The van der Waals surface area contributed by atoms with Crippen LogP contribution in [0.2, 0.25) is 0 Å². The Morgan fingerprint density at radius 3 is 2.79 bits per heavy atom. The van der Waals surface area contributed by atoms with Crippen LogP contribution in [0.1, 0.15) is 52.9 Å². The molecule has 0 aromatic rings. The largest absolute Gasteiger partial charge is 0.465 e. The Bertz CT molecular complexity index is 283. The van der Waals surface area contributed by atoms with Gasteiger partial charge in [0.15, 0.2) is 0 Å². The Labute approximate surface area is 117 Å². The predicted octanol–water partition coefficient (Wildman–Crippen LogP) is 2.18. The first-order valence-electron chi connectivity index (χ1n) is 7.63. The number of nitrogens with one attached hydrogen (secondary N) is 1. The van der Waals surface area contributed by atoms with Crippen molar-refractivity contribution in [2.24, 2.45) is 0 Å². The van der Waals surface area contributed by atoms with Gasteiger partial charge in [-0.25, -0.2) is 0 Å². The highest BCUT2D eigenvalue weighted by atomic mass is 16.5. The van der Waals surface area contributed by atoms with Gasteiger partial charge in [0.2, 0.25) is 0 Å². The minimum atomic E-state index is -0.547. The third-order valence-electron chi connectivity index (χ3n) is 4.34. The lowest BCUT2D eigenvalue weighted by molar-refractivity contribution is -0.150. The van der Waals surface area contributed by atoms with Crippen LogP contribution in [0, 0.1) is 0 Å². The van der Waals surface area contributed by atoms with E-state index in [4.69, 9.17) is 4.74 Å². The molecule has 1 aliphatic rings. The van der Waals surface area contributed by atoms with Crippen molar-refractivity contribution in [3.05, 3.63) is 0 Å². The first-order valence-corrected chi connectivity index (χ1v) is 7.63. The summed E-state index contributed by atoms with van der Waals surface area (Å²) in [5, 5.41) is 3.12. The zero-order valence-electron chi connectivity index (χ0n) is 13.0. The van der Waals surface area contributed by atoms with Gasteiger partial charge in [0.1, 0.15) is 5.54 Å². The fourth-order valence-corrected chi connectivity index (χ4v) is 2.74. The highest BCUT2D eigenvalue weighted by Crippen LogP contribution is 2.19. The van der Waals surface area contributed by atoms with E-state index in [0.29, 0.717) is 12.6 Å². The number of hydrogen-bond donors (Lipinski definition) is 1. The molecular formula is C15H30N2O2. The Morgan fingerprint density at radius 1 is 1.47 bits per heavy atom. The number of ether oxygens (including phenoxy) is 1. The van der Waals surface area contributed by atoms with Crippen molar-refractivity contribution in [2.45, 2.75) is 64.5 Å². The highest BCUT2D eigenvalue weighted by Gasteiger charge is 2.32. The van der Waals surface area contributed by atoms with Gasteiger partial charge in [-0.1, -0.05) is 6.42 Å². The van der Waals surface area contributed by atoms with Crippen molar-refractivity contribution < 1.29 is 9.53 Å². The molecule has 0 aliphatic carbocycles. The molecule has 1 rings (SSSR count). The SMILES string of the molecule is CCOC(=O)C(C)(CCCN1CCCCC1C)NC. The number of carbonyl (C=O) groups excluding carboxylic acids is 1. The molecule has 0 spiro atoms. The van der Waals surface area contributed by atoms with E-state index >= 15 is 0 Å². The minimum Gasteiger partial charge on any atom is -0.465 e. The number of likely N-dealkylation sites (N-methyl/N-ethyl adjacent to an activating group) is 1. The lowest BCUT2D eigenvalue weighted by Gasteiger charge is -2.34. The summed E-state index contributed by atoms with van der Waals surface area (Å²) in [6.45, 7) is 8.82. The number of piperidine rings is 1. The quantitative estimate of drug-likeness (QED) is 0.720. The summed E-state index contributed by atoms with van der Waals surface area (Å²) in [7, 11) is 1.83. The van der Waals surface area contributed by atoms with E-state index in [1.165, 1.54) is 25.8 Å². The summed E-state index contributed by atoms with van der Waals surface area (Å²) in [4.78, 5) is 14.5. The van der Waals surface area contributed by atoms with Crippen LogP contribution < -0.4 is 5.32 Å². The fraction of sp³-hybridized carbons (Fsp3) is 0.933. The van der Waals surface area contributed by atoms with Crippen LogP contribution in [-0.4, -0.2) is 49.2 Å². The molecule has 112 valence electrons. The normalized spacial score (nSPS) is 23.9. The first kappa shape index (κ1) is 16.4. The Morgan fingerprint density at radius 2 is 2.21 bits per heavy atom. The van der Waals surface area contributed by atoms with Crippen molar-refractivity contribution in [1.82, 2.24) is 10.2 Å². The second-order valence-corrected chi connectivity index (χ2v) is 5.79. The van der Waals surface area contributed by atoms with Crippen LogP contribution in [-0.2, 0) is 9.53 Å². The second kappa shape index (κ2) is 7.85. The molecule has 4 heteroatoms. The van der Waals surface area contributed by atoms with E-state index < -0.39 is 5.54 Å². The third-order valence-corrected chi connectivity index (χ3v) is 4.34. The van der Waals surface area contributed by atoms with E-state index in [0.717, 1.165) is 19.4 Å². The van der Waals surface area contributed by atoms with Gasteiger partial charge in [0.05, 0.1) is 6.61 Å². The van der Waals surface area contributed by atoms with Crippen LogP contribution in [0.3, 0.4) is 0 Å². The molecule has 0 aromatic carbocycles. The van der Waals surface area contributed by atoms with Crippen molar-refractivity contribution in [3.63, 3.8) is 0 Å². The number of carbonyl (C=O) groups is 1. The summed E-state index contributed by atoms with van der Waals surface area (Å²) in [5.41, 5.74) is -0.547. The van der Waals surface area contributed by atoms with E-state index in [1.54, 1.807) is 0 Å². The van der Waals surface area contributed by atoms with Crippen molar-refractivity contribution in [3.8, 4) is 0 Å². The maximum Gasteiger partial charge on any atom is 0.326 e. The summed E-state index contributed by atoms with van der Waals surface area (Å²) >= 11 is 0. The Hall–Kier alpha value is -0.610. The van der Waals surface area contributed by atoms with Crippen molar-refractivity contribution in [1.29, 1.82) is 0 Å². The third kappa shape index (κ3) is 4.77. The molecule has 1 fully saturated rings. The molecule has 4 nitrogen and oxygen atoms in total. The molecule has 2 atom stereocenters. The average Bonchev–Trinajstić information content (AvgIpc) is 2.41. The monoisotopic (exact) mass is 270 g/mol. The summed E-state index contributed by atoms with van der Waals surface area (Å²) in [6, 6.07) is 0.692. The van der Waals surface area contributed by atoms with Gasteiger partial charge in [-0.05, 0) is 66.6 Å². The van der Waals surface area contributed by atoms with E-state index in [2.05, 4.69) is 17.1 Å². The number of likely N-dealkylation sites (tertiary alicyclic amines) is 1. The highest BCUT2D eigenvalue weighted by molar-refractivity contribution is 5.80. The van der Waals surface area contributed by atoms with E-state index in [1.807, 2.05) is 20.9 Å². The van der Waals surface area contributed by atoms with Crippen LogP contribution in [0.4, 0.5) is 0 Å². The summed E-state index contributed by atoms with van der Waals surface area (Å²) in [6.07, 6.45) is 5.83. The standard InChI is InChI=1S/C15H30N2O2/c1-5-19-14(18)15(3,16-4)10-8-12-17-11-7-6-9-13(17)2/h13,16H,5-12H2,1-4H3. The molecule has 0 radical (unpaired) electrons. The maximum atomic E-state index is 11.9. The molecule has 0 saturated carbocycles. The zero-order valence-corrected chi connectivity index (χ0v) is 13.0. The summed E-state index contributed by atoms with van der Waals surface area (Å²) in [5.74, 6) is -0.135. The number of rotatable bonds is 7. The van der Waals surface area contributed by atoms with Crippen LogP contribution >= 0.6 is 0 Å². The molecule has 2 unspecified atom stereocenters. The minimum absolute atomic E-state index is 0.135. The molecule has 1 heterocycles. The maximum absolute atomic E-state index is 11.9. The lowest BCUT2D eigenvalue weighted by Crippen LogP contribution is -2.49. The lowest BCUT2D eigenvalue weighted by atomic mass is 9.95. The number of hydrogen-bond acceptors (Lipinski definition) is 4. The smallest absolute Gasteiger partial charge is 0.326 e. The van der Waals surface area contributed by atoms with Crippen molar-refractivity contribution >= 4 is 5.97 Å². The Kier molecular flexibility index (Phi) is 6.80. The van der Waals surface area contributed by atoms with Gasteiger partial charge < -0.3 is 15.0 Å². The van der Waals surface area contributed by atoms with Gasteiger partial charge in [-0.2, -0.15) is 0 Å². The molecular weight excluding hydrogens is 240 g/mol. The number of nitrogens with zero attached hydrogens (tertiary/aromatic N) is 1. The van der Waals surface area contributed by atoms with Gasteiger partial charge in [0.25, 0.3) is 0 Å². The summed E-state index contributed by atoms with van der Waals surface area (Å²) < 4.78 is 5.15. The van der Waals surface area contributed by atoms with E-state index in [9.17, 15) is 4.79 Å². The average molecular weight is 270 g/mol. The fourth-order valence-electron chi connectivity index (χ4n) is 2.74. The predicted molar refractivity (Wildman–Crippen MR) is 78.2 cm³/mol. The molecule has 1 N–H and O–H groups in total. The second-order valence-electron chi connectivity index (χ2n) is 5.79. The first-order chi connectivity index (χ1) is 9.03. The van der Waals surface area contributed by atoms with Gasteiger partial charge in [0, 0.05) is 6.04 Å². The molecule has 0 amide bonds. The van der Waals surface area contributed by atoms with Crippen LogP contribution in [0.25, 0.3) is 0 Å². The van der Waals surface area contributed by atoms with Crippen LogP contribution in [0.15, 0.2) is 0 Å². The van der Waals surface area contributed by atoms with E-state index in [-0.39, 0.29) is 5.97 Å². The molecule has 1 saturated heterocycles. The van der Waals surface area contributed by atoms with Crippen molar-refractivity contribution in [2.75, 3.05) is 26.7 Å². The van der Waals surface area contributed by atoms with Gasteiger partial charge in [-0.15, -0.1) is 0 Å². The molecule has 0 aromatic heterocycles. The topological polar surface area (TPSA) is 41.6 Å². The van der Waals surface area contributed by atoms with Crippen LogP contribution in [0.5, 0.6) is 0 Å².